The first-order chi connectivity index (χ1) is 18.5. The van der Waals surface area contributed by atoms with Gasteiger partial charge in [0.2, 0.25) is 0 Å². The van der Waals surface area contributed by atoms with Crippen molar-refractivity contribution in [2.45, 2.75) is 26.0 Å². The van der Waals surface area contributed by atoms with Gasteiger partial charge < -0.3 is 19.5 Å². The maximum atomic E-state index is 13.4. The van der Waals surface area contributed by atoms with Gasteiger partial charge in [-0.3, -0.25) is 14.0 Å². The van der Waals surface area contributed by atoms with Crippen LogP contribution in [0.3, 0.4) is 0 Å². The molecule has 3 heterocycles. The van der Waals surface area contributed by atoms with Gasteiger partial charge in [-0.05, 0) is 48.7 Å². The molecule has 5 rings (SSSR count). The molecule has 1 aliphatic heterocycles. The number of aliphatic hydroxyl groups excluding tert-OH is 1. The molecule has 0 spiro atoms. The van der Waals surface area contributed by atoms with Crippen LogP contribution in [-0.4, -0.2) is 51.3 Å². The summed E-state index contributed by atoms with van der Waals surface area (Å²) in [6.45, 7) is 2.87. The highest BCUT2D eigenvalue weighted by atomic mass is 16.5. The Hall–Kier alpha value is -4.43. The first kappa shape index (κ1) is 25.2. The molecule has 8 heteroatoms. The van der Waals surface area contributed by atoms with E-state index in [0.717, 1.165) is 5.56 Å². The van der Waals surface area contributed by atoms with E-state index in [4.69, 9.17) is 9.47 Å². The molecule has 1 amide bonds. The van der Waals surface area contributed by atoms with E-state index in [0.29, 0.717) is 54.5 Å². The number of imidazole rings is 1. The Balaban J connectivity index is 1.58. The Kier molecular flexibility index (Phi) is 7.24. The van der Waals surface area contributed by atoms with Crippen molar-refractivity contribution in [3.05, 3.63) is 107 Å². The average Bonchev–Trinajstić information content (AvgIpc) is 3.41. The highest BCUT2D eigenvalue weighted by molar-refractivity contribution is 6.46. The van der Waals surface area contributed by atoms with Gasteiger partial charge in [-0.25, -0.2) is 4.98 Å². The van der Waals surface area contributed by atoms with E-state index in [-0.39, 0.29) is 11.3 Å². The molecular formula is C30H29N3O5. The number of amides is 1. The Morgan fingerprint density at radius 1 is 1.03 bits per heavy atom. The molecule has 1 N–H and O–H groups in total. The number of aliphatic hydroxyl groups is 1. The van der Waals surface area contributed by atoms with Gasteiger partial charge in [0.15, 0.2) is 5.76 Å². The maximum Gasteiger partial charge on any atom is 0.295 e. The van der Waals surface area contributed by atoms with E-state index in [1.807, 2.05) is 72.8 Å². The number of hydrogen-bond donors (Lipinski definition) is 1. The molecule has 0 radical (unpaired) electrons. The number of fused-ring (bicyclic) bond motifs is 1. The van der Waals surface area contributed by atoms with Gasteiger partial charge in [-0.2, -0.15) is 0 Å². The molecule has 0 saturated carbocycles. The number of pyridine rings is 1. The Bertz CT molecular complexity index is 1510. The Morgan fingerprint density at radius 2 is 1.82 bits per heavy atom. The number of nitrogens with zero attached hydrogens (tertiary/aromatic N) is 3. The molecule has 1 atom stereocenters. The Morgan fingerprint density at radius 3 is 2.61 bits per heavy atom. The molecule has 1 unspecified atom stereocenters. The van der Waals surface area contributed by atoms with E-state index < -0.39 is 17.7 Å². The minimum absolute atomic E-state index is 0.0291. The van der Waals surface area contributed by atoms with Crippen molar-refractivity contribution in [1.82, 2.24) is 14.3 Å². The van der Waals surface area contributed by atoms with Gasteiger partial charge in [-0.1, -0.05) is 48.5 Å². The van der Waals surface area contributed by atoms with E-state index in [2.05, 4.69) is 4.98 Å². The number of aryl methyl sites for hydroxylation is 1. The van der Waals surface area contributed by atoms with Crippen molar-refractivity contribution in [2.24, 2.45) is 0 Å². The molecule has 0 bridgehead atoms. The zero-order chi connectivity index (χ0) is 26.6. The number of Topliss-reactive ketones (excluding diaryl/α,β-unsaturated/α-hetero) is 1. The molecule has 1 aliphatic rings. The molecule has 4 aromatic rings. The van der Waals surface area contributed by atoms with Crippen LogP contribution in [0.4, 0.5) is 0 Å². The fourth-order valence-electron chi connectivity index (χ4n) is 4.88. The lowest BCUT2D eigenvalue weighted by Crippen LogP contribution is -2.31. The second-order valence-corrected chi connectivity index (χ2v) is 9.16. The largest absolute Gasteiger partial charge is 0.505 e. The molecule has 38 heavy (non-hydrogen) atoms. The molecule has 1 saturated heterocycles. The number of benzene rings is 2. The van der Waals surface area contributed by atoms with Crippen LogP contribution in [0.1, 0.15) is 35.0 Å². The first-order valence-corrected chi connectivity index (χ1v) is 12.5. The van der Waals surface area contributed by atoms with Crippen molar-refractivity contribution >= 4 is 23.1 Å². The van der Waals surface area contributed by atoms with Crippen LogP contribution < -0.4 is 4.74 Å². The molecule has 194 valence electrons. The molecular weight excluding hydrogens is 482 g/mol. The monoisotopic (exact) mass is 511 g/mol. The van der Waals surface area contributed by atoms with Gasteiger partial charge >= 0.3 is 0 Å². The predicted molar refractivity (Wildman–Crippen MR) is 143 cm³/mol. The smallest absolute Gasteiger partial charge is 0.295 e. The zero-order valence-electron chi connectivity index (χ0n) is 21.3. The summed E-state index contributed by atoms with van der Waals surface area (Å²) in [6.07, 6.45) is 2.31. The van der Waals surface area contributed by atoms with Gasteiger partial charge in [0.1, 0.15) is 23.7 Å². The molecule has 2 aromatic heterocycles. The van der Waals surface area contributed by atoms with Crippen molar-refractivity contribution in [2.75, 3.05) is 20.3 Å². The number of rotatable bonds is 9. The number of carbonyl (C=O) groups excluding carboxylic acids is 2. The van der Waals surface area contributed by atoms with Crippen LogP contribution in [0.25, 0.3) is 11.4 Å². The highest BCUT2D eigenvalue weighted by Crippen LogP contribution is 2.41. The summed E-state index contributed by atoms with van der Waals surface area (Å²) in [6, 6.07) is 21.8. The third-order valence-corrected chi connectivity index (χ3v) is 6.64. The van der Waals surface area contributed by atoms with Crippen molar-refractivity contribution in [3.63, 3.8) is 0 Å². The molecule has 0 aliphatic carbocycles. The first-order valence-electron chi connectivity index (χ1n) is 12.5. The molecule has 2 aromatic carbocycles. The van der Waals surface area contributed by atoms with E-state index in [9.17, 15) is 14.7 Å². The minimum Gasteiger partial charge on any atom is -0.505 e. The predicted octanol–water partition coefficient (Wildman–Crippen LogP) is 4.68. The van der Waals surface area contributed by atoms with Crippen molar-refractivity contribution in [3.8, 4) is 5.75 Å². The number of ketones is 1. The summed E-state index contributed by atoms with van der Waals surface area (Å²) < 4.78 is 12.9. The van der Waals surface area contributed by atoms with Crippen LogP contribution in [0.5, 0.6) is 5.75 Å². The third kappa shape index (κ3) is 4.78. The SMILES string of the molecule is COCCCN1C(=O)C(=O)C(=C(O)c2c(C)nc3ccccn23)C1c1cccc(OCc2ccccc2)c1. The fourth-order valence-corrected chi connectivity index (χ4v) is 4.88. The summed E-state index contributed by atoms with van der Waals surface area (Å²) in [5.41, 5.74) is 3.29. The second kappa shape index (κ2) is 10.9. The Labute approximate surface area is 220 Å². The minimum atomic E-state index is -0.791. The van der Waals surface area contributed by atoms with Crippen LogP contribution in [0.15, 0.2) is 84.6 Å². The van der Waals surface area contributed by atoms with Gasteiger partial charge in [0, 0.05) is 26.5 Å². The summed E-state index contributed by atoms with van der Waals surface area (Å²) in [4.78, 5) is 32.7. The third-order valence-electron chi connectivity index (χ3n) is 6.64. The van der Waals surface area contributed by atoms with Gasteiger partial charge in [0.25, 0.3) is 11.7 Å². The fraction of sp³-hybridized carbons (Fsp3) is 0.233. The highest BCUT2D eigenvalue weighted by Gasteiger charge is 2.46. The lowest BCUT2D eigenvalue weighted by Gasteiger charge is -2.25. The van der Waals surface area contributed by atoms with Gasteiger partial charge in [-0.15, -0.1) is 0 Å². The number of ether oxygens (including phenoxy) is 2. The van der Waals surface area contributed by atoms with Crippen LogP contribution >= 0.6 is 0 Å². The second-order valence-electron chi connectivity index (χ2n) is 9.16. The normalized spacial score (nSPS) is 16.9. The summed E-state index contributed by atoms with van der Waals surface area (Å²) in [7, 11) is 1.59. The van der Waals surface area contributed by atoms with Gasteiger partial charge in [0.05, 0.1) is 17.3 Å². The summed E-state index contributed by atoms with van der Waals surface area (Å²) in [5, 5.41) is 11.6. The quantitative estimate of drug-likeness (QED) is 0.152. The lowest BCUT2D eigenvalue weighted by molar-refractivity contribution is -0.140. The number of likely N-dealkylation sites (tertiary alicyclic amines) is 1. The van der Waals surface area contributed by atoms with Crippen molar-refractivity contribution < 1.29 is 24.2 Å². The average molecular weight is 512 g/mol. The summed E-state index contributed by atoms with van der Waals surface area (Å²) >= 11 is 0. The van der Waals surface area contributed by atoms with E-state index in [1.54, 1.807) is 24.6 Å². The van der Waals surface area contributed by atoms with Crippen LogP contribution in [0.2, 0.25) is 0 Å². The number of methoxy groups -OCH3 is 1. The topological polar surface area (TPSA) is 93.4 Å². The van der Waals surface area contributed by atoms with Crippen LogP contribution in [-0.2, 0) is 20.9 Å². The number of hydrogen-bond acceptors (Lipinski definition) is 6. The van der Waals surface area contributed by atoms with Crippen molar-refractivity contribution in [1.29, 1.82) is 0 Å². The number of aromatic nitrogens is 2. The summed E-state index contributed by atoms with van der Waals surface area (Å²) in [5.74, 6) is -1.05. The zero-order valence-corrected chi connectivity index (χ0v) is 21.3. The molecule has 8 nitrogen and oxygen atoms in total. The van der Waals surface area contributed by atoms with Crippen LogP contribution in [0, 0.1) is 6.92 Å². The standard InChI is InChI=1S/C30H29N3O5/c1-20-26(32-15-7-6-14-24(32)31-20)28(34)25-27(33(16-9-17-37-2)30(36)29(25)35)22-12-8-13-23(18-22)38-19-21-10-4-3-5-11-21/h3-8,10-15,18,27,34H,9,16-17,19H2,1-2H3. The van der Waals surface area contributed by atoms with E-state index in [1.165, 1.54) is 4.90 Å². The maximum absolute atomic E-state index is 13.4. The molecule has 1 fully saturated rings. The number of carbonyl (C=O) groups is 2. The lowest BCUT2D eigenvalue weighted by atomic mass is 9.96. The van der Waals surface area contributed by atoms with E-state index >= 15 is 0 Å².